The van der Waals surface area contributed by atoms with Crippen LogP contribution in [0, 0.1) is 11.8 Å². The summed E-state index contributed by atoms with van der Waals surface area (Å²) >= 11 is 0. The van der Waals surface area contributed by atoms with Gasteiger partial charge in [0.2, 0.25) is 5.91 Å². The van der Waals surface area contributed by atoms with Gasteiger partial charge in [-0.25, -0.2) is 4.79 Å². The highest BCUT2D eigenvalue weighted by Crippen LogP contribution is 2.32. The molecule has 0 unspecified atom stereocenters. The highest BCUT2D eigenvalue weighted by Gasteiger charge is 2.26. The summed E-state index contributed by atoms with van der Waals surface area (Å²) in [6.45, 7) is 2.21. The van der Waals surface area contributed by atoms with Gasteiger partial charge in [0.05, 0.1) is 11.3 Å². The Labute approximate surface area is 131 Å². The van der Waals surface area contributed by atoms with Gasteiger partial charge < -0.3 is 10.4 Å². The molecule has 0 atom stereocenters. The molecule has 0 radical (unpaired) electrons. The summed E-state index contributed by atoms with van der Waals surface area (Å²) in [5.41, 5.74) is 0.542. The van der Waals surface area contributed by atoms with Crippen molar-refractivity contribution in [2.75, 3.05) is 5.32 Å². The molecule has 1 amide bonds. The quantitative estimate of drug-likeness (QED) is 0.822. The zero-order chi connectivity index (χ0) is 15.9. The standard InChI is InChI=1S/C18H25NO3/c1-2-3-6-13-9-11-14(12-10-13)17(20)19-16-8-5-4-7-15(16)18(21)22/h4-5,7-8,13-14H,2-3,6,9-12H2,1H3,(H,19,20)(H,21,22). The SMILES string of the molecule is CCCCC1CCC(C(=O)Nc2ccccc2C(=O)O)CC1. The van der Waals surface area contributed by atoms with Crippen LogP contribution in [0.3, 0.4) is 0 Å². The summed E-state index contributed by atoms with van der Waals surface area (Å²) < 4.78 is 0. The number of carbonyl (C=O) groups excluding carboxylic acids is 1. The third kappa shape index (κ3) is 4.33. The molecule has 1 aromatic carbocycles. The number of hydrogen-bond acceptors (Lipinski definition) is 2. The van der Waals surface area contributed by atoms with E-state index in [0.717, 1.165) is 31.6 Å². The molecule has 4 heteroatoms. The van der Waals surface area contributed by atoms with Crippen LogP contribution >= 0.6 is 0 Å². The van der Waals surface area contributed by atoms with E-state index >= 15 is 0 Å². The van der Waals surface area contributed by atoms with Gasteiger partial charge in [0, 0.05) is 5.92 Å². The second kappa shape index (κ2) is 7.97. The van der Waals surface area contributed by atoms with Crippen LogP contribution in [-0.4, -0.2) is 17.0 Å². The first kappa shape index (κ1) is 16.5. The van der Waals surface area contributed by atoms with E-state index in [1.54, 1.807) is 18.2 Å². The van der Waals surface area contributed by atoms with Gasteiger partial charge >= 0.3 is 5.97 Å². The Bertz CT molecular complexity index is 519. The lowest BCUT2D eigenvalue weighted by Crippen LogP contribution is -2.27. The van der Waals surface area contributed by atoms with Gasteiger partial charge in [0.25, 0.3) is 0 Å². The normalized spacial score (nSPS) is 21.3. The minimum atomic E-state index is -1.01. The molecular weight excluding hydrogens is 278 g/mol. The van der Waals surface area contributed by atoms with Crippen LogP contribution in [0.25, 0.3) is 0 Å². The maximum Gasteiger partial charge on any atom is 0.337 e. The molecule has 0 bridgehead atoms. The first-order chi connectivity index (χ1) is 10.6. The van der Waals surface area contributed by atoms with Crippen LogP contribution in [0.5, 0.6) is 0 Å². The van der Waals surface area contributed by atoms with Gasteiger partial charge in [-0.2, -0.15) is 0 Å². The summed E-state index contributed by atoms with van der Waals surface area (Å²) in [5, 5.41) is 12.0. The molecule has 120 valence electrons. The molecule has 0 saturated heterocycles. The lowest BCUT2D eigenvalue weighted by atomic mass is 9.79. The Kier molecular flexibility index (Phi) is 5.99. The van der Waals surface area contributed by atoms with Crippen molar-refractivity contribution >= 4 is 17.6 Å². The molecule has 1 aliphatic rings. The van der Waals surface area contributed by atoms with Crippen LogP contribution in [-0.2, 0) is 4.79 Å². The third-order valence-corrected chi connectivity index (χ3v) is 4.60. The highest BCUT2D eigenvalue weighted by molar-refractivity contribution is 6.01. The summed E-state index contributed by atoms with van der Waals surface area (Å²) in [6, 6.07) is 6.57. The fourth-order valence-corrected chi connectivity index (χ4v) is 3.22. The maximum absolute atomic E-state index is 12.4. The van der Waals surface area contributed by atoms with E-state index in [1.165, 1.54) is 25.3 Å². The van der Waals surface area contributed by atoms with Crippen molar-refractivity contribution in [3.63, 3.8) is 0 Å². The number of carboxylic acids is 1. The third-order valence-electron chi connectivity index (χ3n) is 4.60. The van der Waals surface area contributed by atoms with Crippen LogP contribution in [0.15, 0.2) is 24.3 Å². The van der Waals surface area contributed by atoms with Gasteiger partial charge in [-0.05, 0) is 43.7 Å². The number of unbranched alkanes of at least 4 members (excludes halogenated alkanes) is 1. The predicted molar refractivity (Wildman–Crippen MR) is 87.0 cm³/mol. The largest absolute Gasteiger partial charge is 0.478 e. The van der Waals surface area contributed by atoms with Crippen molar-refractivity contribution in [1.82, 2.24) is 0 Å². The monoisotopic (exact) mass is 303 g/mol. The zero-order valence-corrected chi connectivity index (χ0v) is 13.2. The van der Waals surface area contributed by atoms with E-state index in [-0.39, 0.29) is 17.4 Å². The van der Waals surface area contributed by atoms with Crippen molar-refractivity contribution in [3.8, 4) is 0 Å². The minimum Gasteiger partial charge on any atom is -0.478 e. The van der Waals surface area contributed by atoms with Crippen LogP contribution in [0.1, 0.15) is 62.2 Å². The molecule has 0 aliphatic heterocycles. The van der Waals surface area contributed by atoms with Gasteiger partial charge in [0.15, 0.2) is 0 Å². The Balaban J connectivity index is 1.90. The zero-order valence-electron chi connectivity index (χ0n) is 13.2. The Morgan fingerprint density at radius 1 is 1.18 bits per heavy atom. The average Bonchev–Trinajstić information content (AvgIpc) is 2.53. The van der Waals surface area contributed by atoms with Crippen LogP contribution in [0.2, 0.25) is 0 Å². The number of rotatable bonds is 6. The van der Waals surface area contributed by atoms with Gasteiger partial charge in [-0.3, -0.25) is 4.79 Å². The predicted octanol–water partition coefficient (Wildman–Crippen LogP) is 4.32. The Hall–Kier alpha value is -1.84. The molecule has 0 spiro atoms. The number of carbonyl (C=O) groups is 2. The lowest BCUT2D eigenvalue weighted by molar-refractivity contribution is -0.121. The first-order valence-electron chi connectivity index (χ1n) is 8.25. The number of aromatic carboxylic acids is 1. The lowest BCUT2D eigenvalue weighted by Gasteiger charge is -2.27. The van der Waals surface area contributed by atoms with Gasteiger partial charge in [0.1, 0.15) is 0 Å². The van der Waals surface area contributed by atoms with Crippen molar-refractivity contribution in [2.45, 2.75) is 51.9 Å². The summed E-state index contributed by atoms with van der Waals surface area (Å²) in [4.78, 5) is 23.5. The molecule has 2 N–H and O–H groups in total. The van der Waals surface area contributed by atoms with E-state index in [1.807, 2.05) is 0 Å². The highest BCUT2D eigenvalue weighted by atomic mass is 16.4. The Morgan fingerprint density at radius 2 is 1.86 bits per heavy atom. The van der Waals surface area contributed by atoms with E-state index in [0.29, 0.717) is 5.69 Å². The smallest absolute Gasteiger partial charge is 0.337 e. The summed E-state index contributed by atoms with van der Waals surface area (Å²) in [6.07, 6.45) is 7.81. The van der Waals surface area contributed by atoms with Crippen molar-refractivity contribution in [2.24, 2.45) is 11.8 Å². The molecule has 1 aromatic rings. The Morgan fingerprint density at radius 3 is 2.50 bits per heavy atom. The molecule has 0 aromatic heterocycles. The van der Waals surface area contributed by atoms with E-state index in [2.05, 4.69) is 12.2 Å². The molecule has 2 rings (SSSR count). The molecule has 4 nitrogen and oxygen atoms in total. The van der Waals surface area contributed by atoms with Gasteiger partial charge in [-0.1, -0.05) is 38.3 Å². The van der Waals surface area contributed by atoms with E-state index in [4.69, 9.17) is 5.11 Å². The molecule has 22 heavy (non-hydrogen) atoms. The first-order valence-corrected chi connectivity index (χ1v) is 8.25. The molecule has 1 aliphatic carbocycles. The van der Waals surface area contributed by atoms with E-state index < -0.39 is 5.97 Å². The minimum absolute atomic E-state index is 0.0136. The number of benzene rings is 1. The van der Waals surface area contributed by atoms with Crippen molar-refractivity contribution in [3.05, 3.63) is 29.8 Å². The number of amides is 1. The number of anilines is 1. The maximum atomic E-state index is 12.4. The van der Waals surface area contributed by atoms with Crippen molar-refractivity contribution in [1.29, 1.82) is 0 Å². The molecule has 0 heterocycles. The van der Waals surface area contributed by atoms with Crippen LogP contribution in [0.4, 0.5) is 5.69 Å². The fourth-order valence-electron chi connectivity index (χ4n) is 3.22. The molecule has 1 saturated carbocycles. The van der Waals surface area contributed by atoms with E-state index in [9.17, 15) is 9.59 Å². The van der Waals surface area contributed by atoms with Crippen molar-refractivity contribution < 1.29 is 14.7 Å². The second-order valence-electron chi connectivity index (χ2n) is 6.20. The molecular formula is C18H25NO3. The number of para-hydroxylation sites is 1. The number of carboxylic acid groups (broad SMARTS) is 1. The summed E-state index contributed by atoms with van der Waals surface area (Å²) in [7, 11) is 0. The average molecular weight is 303 g/mol. The second-order valence-corrected chi connectivity index (χ2v) is 6.20. The molecule has 1 fully saturated rings. The number of nitrogens with one attached hydrogen (secondary N) is 1. The van der Waals surface area contributed by atoms with Gasteiger partial charge in [-0.15, -0.1) is 0 Å². The number of hydrogen-bond donors (Lipinski definition) is 2. The fraction of sp³-hybridized carbons (Fsp3) is 0.556. The van der Waals surface area contributed by atoms with Crippen LogP contribution < -0.4 is 5.32 Å². The summed E-state index contributed by atoms with van der Waals surface area (Å²) in [5.74, 6) is -0.281. The topological polar surface area (TPSA) is 66.4 Å².